The first-order valence-electron chi connectivity index (χ1n) is 6.37. The zero-order valence-electron chi connectivity index (χ0n) is 10.4. The van der Waals surface area contributed by atoms with E-state index in [1.807, 2.05) is 0 Å². The summed E-state index contributed by atoms with van der Waals surface area (Å²) in [5.74, 6) is 6.01. The van der Waals surface area contributed by atoms with Crippen LogP contribution in [-0.2, 0) is 0 Å². The van der Waals surface area contributed by atoms with Gasteiger partial charge in [0.1, 0.15) is 0 Å². The van der Waals surface area contributed by atoms with Gasteiger partial charge in [-0.3, -0.25) is 0 Å². The maximum absolute atomic E-state index is 3.64. The highest BCUT2D eigenvalue weighted by Gasteiger charge is 2.29. The Kier molecular flexibility index (Phi) is 4.88. The summed E-state index contributed by atoms with van der Waals surface area (Å²) in [6.07, 6.45) is 4.88. The lowest BCUT2D eigenvalue weighted by Gasteiger charge is -2.28. The van der Waals surface area contributed by atoms with Gasteiger partial charge in [0.25, 0.3) is 0 Å². The first-order valence-corrected chi connectivity index (χ1v) is 9.68. The second-order valence-corrected chi connectivity index (χ2v) is 9.74. The average Bonchev–Trinajstić information content (AvgIpc) is 2.86. The molecule has 0 aromatic heterocycles. The molecule has 1 heterocycles. The lowest BCUT2D eigenvalue weighted by molar-refractivity contribution is 0.828. The van der Waals surface area contributed by atoms with Crippen LogP contribution in [0.3, 0.4) is 0 Å². The summed E-state index contributed by atoms with van der Waals surface area (Å²) < 4.78 is 0. The van der Waals surface area contributed by atoms with Gasteiger partial charge in [0.15, 0.2) is 0 Å². The van der Waals surface area contributed by atoms with Gasteiger partial charge in [0, 0.05) is 22.8 Å². The third-order valence-corrected chi connectivity index (χ3v) is 9.14. The zero-order chi connectivity index (χ0) is 12.0. The number of rotatable bonds is 3. The van der Waals surface area contributed by atoms with E-state index in [1.165, 1.54) is 35.7 Å². The van der Waals surface area contributed by atoms with Gasteiger partial charge < -0.3 is 0 Å². The summed E-state index contributed by atoms with van der Waals surface area (Å²) in [6, 6.07) is 10.9. The van der Waals surface area contributed by atoms with Crippen LogP contribution in [0.25, 0.3) is 0 Å². The van der Waals surface area contributed by atoms with Crippen molar-refractivity contribution >= 4 is 19.9 Å². The lowest BCUT2D eigenvalue weighted by atomic mass is 10.3. The van der Waals surface area contributed by atoms with E-state index in [4.69, 9.17) is 0 Å². The minimum atomic E-state index is -0.865. The average molecular weight is 264 g/mol. The molecule has 1 aliphatic rings. The van der Waals surface area contributed by atoms with Gasteiger partial charge >= 0.3 is 0 Å². The summed E-state index contributed by atoms with van der Waals surface area (Å²) in [5.41, 5.74) is 0. The van der Waals surface area contributed by atoms with Crippen molar-refractivity contribution < 1.29 is 0 Å². The maximum atomic E-state index is 3.64. The van der Waals surface area contributed by atoms with Crippen LogP contribution < -0.4 is 0 Å². The van der Waals surface area contributed by atoms with Crippen molar-refractivity contribution in [2.24, 2.45) is 0 Å². The molecule has 0 nitrogen and oxygen atoms in total. The topological polar surface area (TPSA) is 0 Å². The summed E-state index contributed by atoms with van der Waals surface area (Å²) in [6.45, 7) is 2.23. The number of unbranched alkanes of at least 4 members (excludes halogenated alkanes) is 2. The van der Waals surface area contributed by atoms with Gasteiger partial charge in [-0.2, -0.15) is 0 Å². The molecule has 2 rings (SSSR count). The van der Waals surface area contributed by atoms with Crippen LogP contribution in [0.15, 0.2) is 35.2 Å². The first-order chi connectivity index (χ1) is 8.37. The van der Waals surface area contributed by atoms with Crippen molar-refractivity contribution in [2.45, 2.75) is 37.5 Å². The fourth-order valence-electron chi connectivity index (χ4n) is 1.92. The van der Waals surface area contributed by atoms with Gasteiger partial charge in [-0.05, 0) is 30.2 Å². The first kappa shape index (κ1) is 12.9. The van der Waals surface area contributed by atoms with Gasteiger partial charge in [-0.25, -0.2) is 0 Å². The Morgan fingerprint density at radius 1 is 1.29 bits per heavy atom. The summed E-state index contributed by atoms with van der Waals surface area (Å²) in [7, 11) is 1.25. The second-order valence-electron chi connectivity index (χ2n) is 4.25. The fraction of sp³-hybridized carbons (Fsp3) is 0.467. The second kappa shape index (κ2) is 6.42. The van der Waals surface area contributed by atoms with Crippen LogP contribution in [0.1, 0.15) is 32.6 Å². The lowest BCUT2D eigenvalue weighted by Crippen LogP contribution is -1.92. The van der Waals surface area contributed by atoms with Crippen molar-refractivity contribution in [2.75, 3.05) is 11.5 Å². The van der Waals surface area contributed by atoms with Crippen LogP contribution in [0, 0.1) is 11.2 Å². The molecule has 1 saturated heterocycles. The number of hydrogen-bond acceptors (Lipinski definition) is 1. The molecule has 0 spiro atoms. The Morgan fingerprint density at radius 3 is 2.76 bits per heavy atom. The Labute approximate surface area is 110 Å². The van der Waals surface area contributed by atoms with E-state index in [0.29, 0.717) is 0 Å². The SMILES string of the molecule is CCCCC#CS1(c2ccccc2)CCCS1. The molecule has 2 heteroatoms. The number of hydrogen-bond donors (Lipinski definition) is 0. The molecular formula is C15H20S2. The summed E-state index contributed by atoms with van der Waals surface area (Å²) >= 11 is 0. The van der Waals surface area contributed by atoms with E-state index >= 15 is 0 Å². The van der Waals surface area contributed by atoms with Gasteiger partial charge in [0.05, 0.1) is 0 Å². The third kappa shape index (κ3) is 3.24. The van der Waals surface area contributed by atoms with Crippen molar-refractivity contribution in [1.29, 1.82) is 0 Å². The predicted octanol–water partition coefficient (Wildman–Crippen LogP) is 5.05. The van der Waals surface area contributed by atoms with Crippen LogP contribution in [0.5, 0.6) is 0 Å². The molecular weight excluding hydrogens is 244 g/mol. The minimum Gasteiger partial charge on any atom is -0.101 e. The Hall–Kier alpha value is -0.520. The highest BCUT2D eigenvalue weighted by atomic mass is 33.2. The van der Waals surface area contributed by atoms with Crippen LogP contribution in [0.4, 0.5) is 0 Å². The monoisotopic (exact) mass is 264 g/mol. The molecule has 1 fully saturated rings. The van der Waals surface area contributed by atoms with E-state index < -0.39 is 9.06 Å². The van der Waals surface area contributed by atoms with Crippen LogP contribution in [-0.4, -0.2) is 11.5 Å². The van der Waals surface area contributed by atoms with Gasteiger partial charge in [-0.1, -0.05) is 48.3 Å². The molecule has 17 heavy (non-hydrogen) atoms. The Bertz CT molecular complexity index is 394. The largest absolute Gasteiger partial charge is 0.101 e. The Balaban J connectivity index is 2.17. The van der Waals surface area contributed by atoms with Gasteiger partial charge in [0.2, 0.25) is 0 Å². The zero-order valence-corrected chi connectivity index (χ0v) is 12.1. The molecule has 1 unspecified atom stereocenters. The van der Waals surface area contributed by atoms with Crippen molar-refractivity contribution in [3.8, 4) is 11.2 Å². The van der Waals surface area contributed by atoms with E-state index in [1.54, 1.807) is 0 Å². The van der Waals surface area contributed by atoms with E-state index in [0.717, 1.165) is 6.42 Å². The predicted molar refractivity (Wildman–Crippen MR) is 81.5 cm³/mol. The molecule has 0 saturated carbocycles. The highest BCUT2D eigenvalue weighted by Crippen LogP contribution is 2.69. The quantitative estimate of drug-likeness (QED) is 0.418. The standard InChI is InChI=1S/C15H20S2/c1-2-3-4-8-13-17(14-9-12-16-17)15-10-6-5-7-11-15/h5-7,10-11H,2-4,9,12,14H2,1H3. The van der Waals surface area contributed by atoms with Crippen molar-refractivity contribution in [1.82, 2.24) is 0 Å². The molecule has 0 N–H and O–H groups in total. The third-order valence-electron chi connectivity index (χ3n) is 2.88. The van der Waals surface area contributed by atoms with E-state index in [2.05, 4.69) is 59.2 Å². The van der Waals surface area contributed by atoms with E-state index in [-0.39, 0.29) is 0 Å². The van der Waals surface area contributed by atoms with E-state index in [9.17, 15) is 0 Å². The maximum Gasteiger partial charge on any atom is 0.00983 e. The molecule has 1 aromatic rings. The van der Waals surface area contributed by atoms with Crippen LogP contribution >= 0.6 is 19.9 Å². The van der Waals surface area contributed by atoms with Crippen molar-refractivity contribution in [3.05, 3.63) is 30.3 Å². The number of benzene rings is 1. The molecule has 0 amide bonds. The van der Waals surface area contributed by atoms with Gasteiger partial charge in [-0.15, -0.1) is 9.06 Å². The smallest absolute Gasteiger partial charge is 0.00983 e. The molecule has 92 valence electrons. The molecule has 1 aliphatic heterocycles. The minimum absolute atomic E-state index is 0.865. The summed E-state index contributed by atoms with van der Waals surface area (Å²) in [4.78, 5) is 1.48. The molecule has 0 aliphatic carbocycles. The highest BCUT2D eigenvalue weighted by molar-refractivity contribution is 8.96. The normalized spacial score (nSPS) is 26.9. The van der Waals surface area contributed by atoms with Crippen LogP contribution in [0.2, 0.25) is 0 Å². The fourth-order valence-corrected chi connectivity index (χ4v) is 7.91. The molecule has 1 atom stereocenters. The Morgan fingerprint density at radius 2 is 2.12 bits per heavy atom. The molecule has 1 aromatic carbocycles. The van der Waals surface area contributed by atoms with Crippen molar-refractivity contribution in [3.63, 3.8) is 0 Å². The molecule has 0 radical (unpaired) electrons. The molecule has 0 bridgehead atoms. The summed E-state index contributed by atoms with van der Waals surface area (Å²) in [5, 5.41) is 3.64.